The molecule has 0 atom stereocenters. The third kappa shape index (κ3) is 3.13. The minimum absolute atomic E-state index is 0.124. The lowest BCUT2D eigenvalue weighted by Crippen LogP contribution is -2.35. The Kier molecular flexibility index (Phi) is 5.00. The van der Waals surface area contributed by atoms with Crippen LogP contribution in [0.15, 0.2) is 16.6 Å². The maximum absolute atomic E-state index is 14.1. The van der Waals surface area contributed by atoms with Gasteiger partial charge in [-0.2, -0.15) is 5.26 Å². The van der Waals surface area contributed by atoms with Gasteiger partial charge in [0.15, 0.2) is 5.82 Å². The van der Waals surface area contributed by atoms with Gasteiger partial charge in [0.25, 0.3) is 0 Å². The van der Waals surface area contributed by atoms with E-state index in [1.165, 1.54) is 6.42 Å². The van der Waals surface area contributed by atoms with E-state index in [0.29, 0.717) is 12.2 Å². The Hall–Kier alpha value is -1.12. The van der Waals surface area contributed by atoms with Crippen molar-refractivity contribution in [1.82, 2.24) is 0 Å². The molecule has 108 valence electrons. The number of nitrogens with zero attached hydrogens (tertiary/aromatic N) is 1. The molecule has 20 heavy (non-hydrogen) atoms. The fraction of sp³-hybridized carbons (Fsp3) is 0.533. The van der Waals surface area contributed by atoms with E-state index < -0.39 is 5.82 Å². The Morgan fingerprint density at radius 2 is 2.05 bits per heavy atom. The van der Waals surface area contributed by atoms with Crippen LogP contribution in [0.25, 0.3) is 0 Å². The molecule has 0 spiro atoms. The quantitative estimate of drug-likeness (QED) is 0.876. The molecule has 0 aromatic heterocycles. The zero-order valence-corrected chi connectivity index (χ0v) is 12.8. The first kappa shape index (κ1) is 15.3. The topological polar surface area (TPSA) is 56.0 Å². The number of hydrogen-bond acceptors (Lipinski definition) is 3. The van der Waals surface area contributed by atoms with E-state index in [9.17, 15) is 9.50 Å². The van der Waals surface area contributed by atoms with Gasteiger partial charge in [-0.05, 0) is 40.9 Å². The van der Waals surface area contributed by atoms with Gasteiger partial charge in [0, 0.05) is 12.0 Å². The molecule has 1 aliphatic rings. The molecule has 1 fully saturated rings. The van der Waals surface area contributed by atoms with Crippen LogP contribution in [0.1, 0.15) is 37.7 Å². The summed E-state index contributed by atoms with van der Waals surface area (Å²) in [6.45, 7) is 0.678. The molecule has 0 amide bonds. The van der Waals surface area contributed by atoms with Crippen LogP contribution in [-0.4, -0.2) is 18.3 Å². The van der Waals surface area contributed by atoms with Crippen LogP contribution in [0.5, 0.6) is 0 Å². The van der Waals surface area contributed by atoms with Crippen LogP contribution < -0.4 is 5.32 Å². The highest BCUT2D eigenvalue weighted by molar-refractivity contribution is 9.10. The molecule has 1 saturated carbocycles. The molecular weight excluding hydrogens is 323 g/mol. The van der Waals surface area contributed by atoms with Gasteiger partial charge in [0.2, 0.25) is 0 Å². The van der Waals surface area contributed by atoms with Gasteiger partial charge < -0.3 is 10.4 Å². The van der Waals surface area contributed by atoms with Gasteiger partial charge in [-0.3, -0.25) is 0 Å². The van der Waals surface area contributed by atoms with E-state index >= 15 is 0 Å². The van der Waals surface area contributed by atoms with E-state index in [4.69, 9.17) is 5.26 Å². The molecule has 0 radical (unpaired) electrons. The van der Waals surface area contributed by atoms with Crippen LogP contribution in [0, 0.1) is 22.6 Å². The highest BCUT2D eigenvalue weighted by Crippen LogP contribution is 2.36. The lowest BCUT2D eigenvalue weighted by Gasteiger charge is -2.36. The lowest BCUT2D eigenvalue weighted by molar-refractivity contribution is 0.0943. The number of aliphatic hydroxyl groups excluding tert-OH is 1. The van der Waals surface area contributed by atoms with Crippen molar-refractivity contribution in [3.05, 3.63) is 28.0 Å². The molecule has 1 aliphatic carbocycles. The van der Waals surface area contributed by atoms with E-state index in [1.807, 2.05) is 6.07 Å². The fourth-order valence-corrected chi connectivity index (χ4v) is 3.18. The minimum atomic E-state index is -0.451. The summed E-state index contributed by atoms with van der Waals surface area (Å²) >= 11 is 3.10. The average Bonchev–Trinajstić information content (AvgIpc) is 2.50. The predicted octanol–water partition coefficient (Wildman–Crippen LogP) is 3.81. The van der Waals surface area contributed by atoms with Crippen molar-refractivity contribution in [2.45, 2.75) is 32.1 Å². The Morgan fingerprint density at radius 3 is 2.65 bits per heavy atom. The highest BCUT2D eigenvalue weighted by Gasteiger charge is 2.31. The number of rotatable bonds is 4. The first-order valence-corrected chi connectivity index (χ1v) is 7.64. The second-order valence-corrected chi connectivity index (χ2v) is 6.27. The Balaban J connectivity index is 2.11. The number of hydrogen-bond donors (Lipinski definition) is 2. The van der Waals surface area contributed by atoms with Crippen molar-refractivity contribution in [3.8, 4) is 6.07 Å². The second kappa shape index (κ2) is 6.55. The van der Waals surface area contributed by atoms with Gasteiger partial charge >= 0.3 is 0 Å². The lowest BCUT2D eigenvalue weighted by atomic mass is 9.74. The summed E-state index contributed by atoms with van der Waals surface area (Å²) in [5.74, 6) is -0.451. The Morgan fingerprint density at radius 1 is 1.35 bits per heavy atom. The Labute approximate surface area is 126 Å². The van der Waals surface area contributed by atoms with E-state index in [2.05, 4.69) is 21.2 Å². The Bertz CT molecular complexity index is 521. The zero-order chi connectivity index (χ0) is 14.6. The van der Waals surface area contributed by atoms with Gasteiger partial charge in [0.05, 0.1) is 22.3 Å². The number of aliphatic hydroxyl groups is 1. The molecule has 5 heteroatoms. The molecule has 0 bridgehead atoms. The van der Waals surface area contributed by atoms with Crippen LogP contribution in [0.3, 0.4) is 0 Å². The molecule has 1 aromatic rings. The van der Waals surface area contributed by atoms with Crippen molar-refractivity contribution in [1.29, 1.82) is 5.26 Å². The van der Waals surface area contributed by atoms with Crippen LogP contribution in [0.4, 0.5) is 10.1 Å². The largest absolute Gasteiger partial charge is 0.396 e. The molecule has 0 aliphatic heterocycles. The van der Waals surface area contributed by atoms with Crippen molar-refractivity contribution < 1.29 is 9.50 Å². The standard InChI is InChI=1S/C15H18BrFN2O/c16-13-11(8-18)4-5-12(14(13)17)19-9-15(10-20)6-2-1-3-7-15/h4-5,19-20H,1-3,6-7,9-10H2. The van der Waals surface area contributed by atoms with Gasteiger partial charge in [-0.25, -0.2) is 4.39 Å². The molecular formula is C15H18BrFN2O. The monoisotopic (exact) mass is 340 g/mol. The predicted molar refractivity (Wildman–Crippen MR) is 79.9 cm³/mol. The molecule has 3 nitrogen and oxygen atoms in total. The smallest absolute Gasteiger partial charge is 0.161 e. The summed E-state index contributed by atoms with van der Waals surface area (Å²) in [6.07, 6.45) is 5.37. The first-order chi connectivity index (χ1) is 9.62. The number of halogens is 2. The van der Waals surface area contributed by atoms with Gasteiger partial charge in [-0.15, -0.1) is 0 Å². The summed E-state index contributed by atoms with van der Waals surface area (Å²) < 4.78 is 14.3. The molecule has 0 unspecified atom stereocenters. The zero-order valence-electron chi connectivity index (χ0n) is 11.3. The minimum Gasteiger partial charge on any atom is -0.396 e. The maximum atomic E-state index is 14.1. The number of anilines is 1. The fourth-order valence-electron chi connectivity index (χ4n) is 2.75. The normalized spacial score (nSPS) is 17.5. The summed E-state index contributed by atoms with van der Waals surface area (Å²) in [6, 6.07) is 5.09. The van der Waals surface area contributed by atoms with E-state index in [0.717, 1.165) is 25.7 Å². The summed E-state index contributed by atoms with van der Waals surface area (Å²) in [5, 5.41) is 21.6. The number of benzene rings is 1. The molecule has 0 heterocycles. The second-order valence-electron chi connectivity index (χ2n) is 5.47. The summed E-state index contributed by atoms with van der Waals surface area (Å²) in [5.41, 5.74) is 0.502. The van der Waals surface area contributed by atoms with Crippen molar-refractivity contribution in [3.63, 3.8) is 0 Å². The number of nitrogens with one attached hydrogen (secondary N) is 1. The SMILES string of the molecule is N#Cc1ccc(NCC2(CO)CCCCC2)c(F)c1Br. The van der Waals surface area contributed by atoms with Crippen LogP contribution in [-0.2, 0) is 0 Å². The van der Waals surface area contributed by atoms with Crippen LogP contribution >= 0.6 is 15.9 Å². The third-order valence-corrected chi connectivity index (χ3v) is 4.88. The van der Waals surface area contributed by atoms with Crippen molar-refractivity contribution >= 4 is 21.6 Å². The van der Waals surface area contributed by atoms with Crippen LogP contribution in [0.2, 0.25) is 0 Å². The first-order valence-electron chi connectivity index (χ1n) is 6.85. The van der Waals surface area contributed by atoms with Crippen molar-refractivity contribution in [2.75, 3.05) is 18.5 Å². The third-order valence-electron chi connectivity index (χ3n) is 4.11. The number of nitriles is 1. The highest BCUT2D eigenvalue weighted by atomic mass is 79.9. The summed E-state index contributed by atoms with van der Waals surface area (Å²) in [7, 11) is 0. The van der Waals surface area contributed by atoms with E-state index in [1.54, 1.807) is 12.1 Å². The van der Waals surface area contributed by atoms with Crippen molar-refractivity contribution in [2.24, 2.45) is 5.41 Å². The average molecular weight is 341 g/mol. The molecule has 2 rings (SSSR count). The molecule has 2 N–H and O–H groups in total. The maximum Gasteiger partial charge on any atom is 0.161 e. The van der Waals surface area contributed by atoms with E-state index in [-0.39, 0.29) is 22.1 Å². The van der Waals surface area contributed by atoms with Gasteiger partial charge in [0.1, 0.15) is 6.07 Å². The molecule has 1 aromatic carbocycles. The summed E-state index contributed by atoms with van der Waals surface area (Å²) in [4.78, 5) is 0. The van der Waals surface area contributed by atoms with Gasteiger partial charge in [-0.1, -0.05) is 19.3 Å². The molecule has 0 saturated heterocycles.